The Morgan fingerprint density at radius 3 is 2.88 bits per heavy atom. The molecule has 0 aliphatic carbocycles. The SMILES string of the molecule is CC1(C)CNCCC1Oc1nccnc1N. The predicted molar refractivity (Wildman–Crippen MR) is 62.1 cm³/mol. The van der Waals surface area contributed by atoms with Crippen molar-refractivity contribution in [2.75, 3.05) is 18.8 Å². The summed E-state index contributed by atoms with van der Waals surface area (Å²) in [6, 6.07) is 0. The molecular formula is C11H18N4O. The maximum Gasteiger partial charge on any atom is 0.257 e. The lowest BCUT2D eigenvalue weighted by Gasteiger charge is -2.38. The molecule has 16 heavy (non-hydrogen) atoms. The third-order valence-corrected chi connectivity index (χ3v) is 2.98. The first-order valence-corrected chi connectivity index (χ1v) is 5.53. The number of anilines is 1. The molecule has 1 aromatic rings. The van der Waals surface area contributed by atoms with Crippen molar-refractivity contribution in [1.82, 2.24) is 15.3 Å². The predicted octanol–water partition coefficient (Wildman–Crippen LogP) is 0.826. The van der Waals surface area contributed by atoms with Gasteiger partial charge >= 0.3 is 0 Å². The van der Waals surface area contributed by atoms with Crippen LogP contribution in [0.5, 0.6) is 5.88 Å². The van der Waals surface area contributed by atoms with Crippen LogP contribution >= 0.6 is 0 Å². The van der Waals surface area contributed by atoms with Crippen LogP contribution in [0.3, 0.4) is 0 Å². The topological polar surface area (TPSA) is 73.1 Å². The fourth-order valence-corrected chi connectivity index (χ4v) is 1.93. The number of ether oxygens (including phenoxy) is 1. The van der Waals surface area contributed by atoms with E-state index in [0.29, 0.717) is 11.7 Å². The number of nitrogens with zero attached hydrogens (tertiary/aromatic N) is 2. The summed E-state index contributed by atoms with van der Waals surface area (Å²) < 4.78 is 5.86. The maximum absolute atomic E-state index is 5.86. The maximum atomic E-state index is 5.86. The van der Waals surface area contributed by atoms with Gasteiger partial charge < -0.3 is 15.8 Å². The van der Waals surface area contributed by atoms with Crippen LogP contribution in [0.1, 0.15) is 20.3 Å². The van der Waals surface area contributed by atoms with E-state index in [1.165, 1.54) is 0 Å². The normalized spacial score (nSPS) is 24.0. The van der Waals surface area contributed by atoms with Gasteiger partial charge in [-0.05, 0) is 13.0 Å². The van der Waals surface area contributed by atoms with Crippen LogP contribution in [0.15, 0.2) is 12.4 Å². The third kappa shape index (κ3) is 2.24. The van der Waals surface area contributed by atoms with Crippen LogP contribution in [-0.2, 0) is 0 Å². The van der Waals surface area contributed by atoms with Crippen LogP contribution in [0.25, 0.3) is 0 Å². The smallest absolute Gasteiger partial charge is 0.257 e. The summed E-state index contributed by atoms with van der Waals surface area (Å²) in [5.74, 6) is 0.805. The highest BCUT2D eigenvalue weighted by Gasteiger charge is 2.34. The van der Waals surface area contributed by atoms with Crippen molar-refractivity contribution in [3.8, 4) is 5.88 Å². The number of hydrogen-bond acceptors (Lipinski definition) is 5. The van der Waals surface area contributed by atoms with Crippen molar-refractivity contribution in [2.24, 2.45) is 5.41 Å². The number of nitrogens with one attached hydrogen (secondary N) is 1. The van der Waals surface area contributed by atoms with Crippen LogP contribution in [-0.4, -0.2) is 29.2 Å². The first-order chi connectivity index (χ1) is 7.59. The molecule has 3 N–H and O–H groups in total. The standard InChI is InChI=1S/C11H18N4O/c1-11(2)7-13-4-3-8(11)16-10-9(12)14-5-6-15-10/h5-6,8,13H,3-4,7H2,1-2H3,(H2,12,14). The second kappa shape index (κ2) is 4.25. The van der Waals surface area contributed by atoms with Crippen molar-refractivity contribution >= 4 is 5.82 Å². The Morgan fingerprint density at radius 2 is 2.19 bits per heavy atom. The quantitative estimate of drug-likeness (QED) is 0.775. The van der Waals surface area contributed by atoms with Gasteiger partial charge in [-0.2, -0.15) is 0 Å². The van der Waals surface area contributed by atoms with E-state index in [9.17, 15) is 0 Å². The Labute approximate surface area is 95.4 Å². The Balaban J connectivity index is 2.12. The molecular weight excluding hydrogens is 204 g/mol. The Kier molecular flexibility index (Phi) is 2.96. The lowest BCUT2D eigenvalue weighted by Crippen LogP contribution is -2.49. The third-order valence-electron chi connectivity index (χ3n) is 2.98. The monoisotopic (exact) mass is 222 g/mol. The molecule has 0 amide bonds. The minimum absolute atomic E-state index is 0.0855. The largest absolute Gasteiger partial charge is 0.471 e. The molecule has 1 aliphatic rings. The summed E-state index contributed by atoms with van der Waals surface area (Å²) in [6.45, 7) is 6.26. The summed E-state index contributed by atoms with van der Waals surface area (Å²) in [5.41, 5.74) is 5.80. The first-order valence-electron chi connectivity index (χ1n) is 5.53. The van der Waals surface area contributed by atoms with E-state index in [4.69, 9.17) is 10.5 Å². The van der Waals surface area contributed by atoms with Crippen molar-refractivity contribution < 1.29 is 4.74 Å². The molecule has 1 aliphatic heterocycles. The first kappa shape index (κ1) is 11.1. The van der Waals surface area contributed by atoms with Crippen LogP contribution in [0, 0.1) is 5.41 Å². The zero-order valence-corrected chi connectivity index (χ0v) is 9.73. The molecule has 1 saturated heterocycles. The molecule has 2 heterocycles. The van der Waals surface area contributed by atoms with E-state index in [-0.39, 0.29) is 11.5 Å². The minimum Gasteiger partial charge on any atom is -0.471 e. The molecule has 0 spiro atoms. The van der Waals surface area contributed by atoms with Crippen molar-refractivity contribution in [1.29, 1.82) is 0 Å². The van der Waals surface area contributed by atoms with Gasteiger partial charge in [0.25, 0.3) is 5.88 Å². The van der Waals surface area contributed by atoms with Gasteiger partial charge in [-0.25, -0.2) is 9.97 Å². The fraction of sp³-hybridized carbons (Fsp3) is 0.636. The number of aromatic nitrogens is 2. The van der Waals surface area contributed by atoms with E-state index < -0.39 is 0 Å². The molecule has 88 valence electrons. The van der Waals surface area contributed by atoms with Crippen LogP contribution in [0.2, 0.25) is 0 Å². The second-order valence-corrected chi connectivity index (χ2v) is 4.81. The van der Waals surface area contributed by atoms with E-state index in [2.05, 4.69) is 29.1 Å². The molecule has 1 fully saturated rings. The van der Waals surface area contributed by atoms with Gasteiger partial charge in [-0.1, -0.05) is 13.8 Å². The van der Waals surface area contributed by atoms with Gasteiger partial charge in [0.15, 0.2) is 5.82 Å². The average Bonchev–Trinajstić information content (AvgIpc) is 2.24. The highest BCUT2D eigenvalue weighted by atomic mass is 16.5. The van der Waals surface area contributed by atoms with Gasteiger partial charge in [-0.15, -0.1) is 0 Å². The molecule has 0 saturated carbocycles. The highest BCUT2D eigenvalue weighted by Crippen LogP contribution is 2.29. The summed E-state index contributed by atoms with van der Waals surface area (Å²) >= 11 is 0. The van der Waals surface area contributed by atoms with Crippen molar-refractivity contribution in [3.63, 3.8) is 0 Å². The summed E-state index contributed by atoms with van der Waals surface area (Å²) in [4.78, 5) is 8.07. The minimum atomic E-state index is 0.0855. The lowest BCUT2D eigenvalue weighted by molar-refractivity contribution is 0.0418. The Morgan fingerprint density at radius 1 is 1.44 bits per heavy atom. The summed E-state index contributed by atoms with van der Waals surface area (Å²) in [7, 11) is 0. The average molecular weight is 222 g/mol. The van der Waals surface area contributed by atoms with Crippen LogP contribution < -0.4 is 15.8 Å². The molecule has 1 aromatic heterocycles. The van der Waals surface area contributed by atoms with Gasteiger partial charge in [0.05, 0.1) is 0 Å². The van der Waals surface area contributed by atoms with E-state index in [1.807, 2.05) is 0 Å². The lowest BCUT2D eigenvalue weighted by atomic mass is 9.82. The van der Waals surface area contributed by atoms with E-state index >= 15 is 0 Å². The summed E-state index contributed by atoms with van der Waals surface area (Å²) in [5, 5.41) is 3.36. The fourth-order valence-electron chi connectivity index (χ4n) is 1.93. The molecule has 5 nitrogen and oxygen atoms in total. The van der Waals surface area contributed by atoms with Crippen LogP contribution in [0.4, 0.5) is 5.82 Å². The number of nitrogens with two attached hydrogens (primary N) is 1. The number of piperidine rings is 1. The number of rotatable bonds is 2. The molecule has 0 aromatic carbocycles. The molecule has 0 bridgehead atoms. The van der Waals surface area contributed by atoms with Gasteiger partial charge in [-0.3, -0.25) is 0 Å². The van der Waals surface area contributed by atoms with E-state index in [0.717, 1.165) is 19.5 Å². The molecule has 1 unspecified atom stereocenters. The molecule has 0 radical (unpaired) electrons. The van der Waals surface area contributed by atoms with Gasteiger partial charge in [0.2, 0.25) is 0 Å². The second-order valence-electron chi connectivity index (χ2n) is 4.81. The molecule has 2 rings (SSSR count). The van der Waals surface area contributed by atoms with Gasteiger partial charge in [0.1, 0.15) is 6.10 Å². The van der Waals surface area contributed by atoms with E-state index in [1.54, 1.807) is 12.4 Å². The number of nitrogen functional groups attached to an aromatic ring is 1. The van der Waals surface area contributed by atoms with Crippen molar-refractivity contribution in [2.45, 2.75) is 26.4 Å². The number of hydrogen-bond donors (Lipinski definition) is 2. The molecule has 5 heteroatoms. The highest BCUT2D eigenvalue weighted by molar-refractivity contribution is 5.38. The van der Waals surface area contributed by atoms with Crippen molar-refractivity contribution in [3.05, 3.63) is 12.4 Å². The Hall–Kier alpha value is -1.36. The summed E-state index contributed by atoms with van der Waals surface area (Å²) in [6.07, 6.45) is 4.26. The van der Waals surface area contributed by atoms with Gasteiger partial charge in [0, 0.05) is 24.4 Å². The zero-order valence-electron chi connectivity index (χ0n) is 9.73. The molecule has 1 atom stereocenters. The Bertz CT molecular complexity index is 367. The zero-order chi connectivity index (χ0) is 11.6.